The van der Waals surface area contributed by atoms with Crippen LogP contribution in [0.15, 0.2) is 18.2 Å². The van der Waals surface area contributed by atoms with E-state index >= 15 is 0 Å². The van der Waals surface area contributed by atoms with Crippen molar-refractivity contribution in [1.29, 1.82) is 0 Å². The minimum Gasteiger partial charge on any atom is -0.493 e. The number of carbonyl (C=O) groups is 2. The molecule has 0 saturated carbocycles. The van der Waals surface area contributed by atoms with Gasteiger partial charge in [0.1, 0.15) is 0 Å². The SMILES string of the molecule is COc1cccc(C(=O)N2CCCC[C@H]3CN(C(=O)CC[C@H]4CCCO4)C[C@H]32)c1OC. The first kappa shape index (κ1) is 21.9. The maximum atomic E-state index is 13.6. The summed E-state index contributed by atoms with van der Waals surface area (Å²) in [7, 11) is 3.13. The Balaban J connectivity index is 1.47. The Morgan fingerprint density at radius 1 is 1.10 bits per heavy atom. The molecule has 3 aliphatic rings. The molecular weight excluding hydrogens is 396 g/mol. The number of nitrogens with zero attached hydrogens (tertiary/aromatic N) is 2. The Morgan fingerprint density at radius 2 is 1.97 bits per heavy atom. The number of ether oxygens (including phenoxy) is 3. The summed E-state index contributed by atoms with van der Waals surface area (Å²) in [5.41, 5.74) is 0.519. The molecule has 3 fully saturated rings. The Kier molecular flexibility index (Phi) is 7.00. The van der Waals surface area contributed by atoms with E-state index in [1.807, 2.05) is 15.9 Å². The number of rotatable bonds is 6. The van der Waals surface area contributed by atoms with Gasteiger partial charge in [-0.05, 0) is 50.2 Å². The summed E-state index contributed by atoms with van der Waals surface area (Å²) in [5.74, 6) is 1.50. The van der Waals surface area contributed by atoms with Crippen molar-refractivity contribution in [1.82, 2.24) is 9.80 Å². The highest BCUT2D eigenvalue weighted by atomic mass is 16.5. The zero-order chi connectivity index (χ0) is 21.8. The van der Waals surface area contributed by atoms with Gasteiger partial charge in [-0.3, -0.25) is 9.59 Å². The first-order chi connectivity index (χ1) is 15.1. The van der Waals surface area contributed by atoms with E-state index in [2.05, 4.69) is 0 Å². The number of amides is 2. The topological polar surface area (TPSA) is 68.3 Å². The van der Waals surface area contributed by atoms with Gasteiger partial charge in [-0.25, -0.2) is 0 Å². The smallest absolute Gasteiger partial charge is 0.258 e. The maximum Gasteiger partial charge on any atom is 0.258 e. The predicted octanol–water partition coefficient (Wildman–Crippen LogP) is 3.12. The lowest BCUT2D eigenvalue weighted by Crippen LogP contribution is -2.44. The Bertz CT molecular complexity index is 792. The van der Waals surface area contributed by atoms with E-state index in [0.717, 1.165) is 51.7 Å². The molecule has 7 nitrogen and oxygen atoms in total. The van der Waals surface area contributed by atoms with E-state index in [1.54, 1.807) is 26.4 Å². The van der Waals surface area contributed by atoms with Crippen molar-refractivity contribution in [3.05, 3.63) is 23.8 Å². The molecule has 0 spiro atoms. The quantitative estimate of drug-likeness (QED) is 0.694. The Labute approximate surface area is 184 Å². The molecule has 7 heteroatoms. The lowest BCUT2D eigenvalue weighted by Gasteiger charge is -2.31. The second-order valence-corrected chi connectivity index (χ2v) is 8.84. The molecule has 0 N–H and O–H groups in total. The van der Waals surface area contributed by atoms with Crippen LogP contribution in [0.1, 0.15) is 55.3 Å². The lowest BCUT2D eigenvalue weighted by atomic mass is 9.98. The summed E-state index contributed by atoms with van der Waals surface area (Å²) < 4.78 is 16.6. The van der Waals surface area contributed by atoms with Crippen molar-refractivity contribution in [2.75, 3.05) is 40.5 Å². The normalized spacial score (nSPS) is 25.8. The minimum atomic E-state index is -0.0405. The summed E-state index contributed by atoms with van der Waals surface area (Å²) in [6.07, 6.45) is 6.84. The van der Waals surface area contributed by atoms with E-state index in [9.17, 15) is 9.59 Å². The summed E-state index contributed by atoms with van der Waals surface area (Å²) in [6.45, 7) is 2.89. The molecular formula is C24H34N2O5. The predicted molar refractivity (Wildman–Crippen MR) is 116 cm³/mol. The maximum absolute atomic E-state index is 13.6. The average molecular weight is 431 g/mol. The van der Waals surface area contributed by atoms with Gasteiger partial charge in [-0.2, -0.15) is 0 Å². The van der Waals surface area contributed by atoms with Crippen LogP contribution in [0.3, 0.4) is 0 Å². The van der Waals surface area contributed by atoms with Gasteiger partial charge in [0.15, 0.2) is 11.5 Å². The van der Waals surface area contributed by atoms with Crippen LogP contribution in [0.25, 0.3) is 0 Å². The molecule has 0 aromatic heterocycles. The molecule has 3 heterocycles. The molecule has 0 unspecified atom stereocenters. The van der Waals surface area contributed by atoms with E-state index in [1.165, 1.54) is 0 Å². The van der Waals surface area contributed by atoms with Gasteiger partial charge in [0.2, 0.25) is 5.91 Å². The number of benzene rings is 1. The van der Waals surface area contributed by atoms with Crippen LogP contribution in [0.4, 0.5) is 0 Å². The van der Waals surface area contributed by atoms with Crippen molar-refractivity contribution in [3.63, 3.8) is 0 Å². The van der Waals surface area contributed by atoms with Gasteiger partial charge >= 0.3 is 0 Å². The number of para-hydroxylation sites is 1. The number of likely N-dealkylation sites (tertiary alicyclic amines) is 2. The van der Waals surface area contributed by atoms with Gasteiger partial charge in [0.25, 0.3) is 5.91 Å². The van der Waals surface area contributed by atoms with E-state index in [4.69, 9.17) is 14.2 Å². The van der Waals surface area contributed by atoms with Gasteiger partial charge in [-0.15, -0.1) is 0 Å². The first-order valence-electron chi connectivity index (χ1n) is 11.5. The van der Waals surface area contributed by atoms with Crippen LogP contribution in [-0.2, 0) is 9.53 Å². The third-order valence-electron chi connectivity index (χ3n) is 6.98. The number of hydrogen-bond donors (Lipinski definition) is 0. The fraction of sp³-hybridized carbons (Fsp3) is 0.667. The van der Waals surface area contributed by atoms with E-state index in [-0.39, 0.29) is 24.0 Å². The summed E-state index contributed by atoms with van der Waals surface area (Å²) in [6, 6.07) is 5.46. The van der Waals surface area contributed by atoms with Gasteiger partial charge in [0.05, 0.1) is 31.9 Å². The molecule has 0 radical (unpaired) electrons. The van der Waals surface area contributed by atoms with Crippen molar-refractivity contribution < 1.29 is 23.8 Å². The highest BCUT2D eigenvalue weighted by Gasteiger charge is 2.42. The van der Waals surface area contributed by atoms with Gasteiger partial charge < -0.3 is 24.0 Å². The highest BCUT2D eigenvalue weighted by molar-refractivity contribution is 5.98. The fourth-order valence-electron chi connectivity index (χ4n) is 5.33. The molecule has 2 amide bonds. The Morgan fingerprint density at radius 3 is 2.71 bits per heavy atom. The lowest BCUT2D eigenvalue weighted by molar-refractivity contribution is -0.131. The molecule has 4 rings (SSSR count). The Hall–Kier alpha value is -2.28. The van der Waals surface area contributed by atoms with E-state index in [0.29, 0.717) is 42.5 Å². The van der Waals surface area contributed by atoms with Crippen LogP contribution in [0.5, 0.6) is 11.5 Å². The first-order valence-corrected chi connectivity index (χ1v) is 11.5. The van der Waals surface area contributed by atoms with Crippen LogP contribution in [0.2, 0.25) is 0 Å². The summed E-state index contributed by atoms with van der Waals surface area (Å²) >= 11 is 0. The molecule has 0 aliphatic carbocycles. The third kappa shape index (κ3) is 4.66. The summed E-state index contributed by atoms with van der Waals surface area (Å²) in [5, 5.41) is 0. The number of fused-ring (bicyclic) bond motifs is 1. The number of hydrogen-bond acceptors (Lipinski definition) is 5. The fourth-order valence-corrected chi connectivity index (χ4v) is 5.33. The standard InChI is InChI=1S/C24H34N2O5/c1-29-21-10-5-9-19(23(21)30-2)24(28)26-13-4-3-7-17-15-25(16-20(17)26)22(27)12-11-18-8-6-14-31-18/h5,9-10,17-18,20H,3-4,6-8,11-16H2,1-2H3/t17-,18+,20+/m0/s1. The van der Waals surface area contributed by atoms with Crippen molar-refractivity contribution in [2.24, 2.45) is 5.92 Å². The van der Waals surface area contributed by atoms with Crippen molar-refractivity contribution in [2.45, 2.75) is 57.1 Å². The van der Waals surface area contributed by atoms with Crippen LogP contribution in [0, 0.1) is 5.92 Å². The third-order valence-corrected chi connectivity index (χ3v) is 6.98. The van der Waals surface area contributed by atoms with Crippen LogP contribution >= 0.6 is 0 Å². The number of carbonyl (C=O) groups excluding carboxylic acids is 2. The molecule has 3 saturated heterocycles. The van der Waals surface area contributed by atoms with Gasteiger partial charge in [-0.1, -0.05) is 12.5 Å². The molecule has 31 heavy (non-hydrogen) atoms. The molecule has 3 aliphatic heterocycles. The highest BCUT2D eigenvalue weighted by Crippen LogP contribution is 2.35. The molecule has 0 bridgehead atoms. The molecule has 170 valence electrons. The van der Waals surface area contributed by atoms with Crippen LogP contribution < -0.4 is 9.47 Å². The van der Waals surface area contributed by atoms with Crippen molar-refractivity contribution >= 4 is 11.8 Å². The second kappa shape index (κ2) is 9.90. The van der Waals surface area contributed by atoms with Crippen molar-refractivity contribution in [3.8, 4) is 11.5 Å². The largest absolute Gasteiger partial charge is 0.493 e. The monoisotopic (exact) mass is 430 g/mol. The molecule has 1 aromatic rings. The summed E-state index contributed by atoms with van der Waals surface area (Å²) in [4.78, 5) is 30.4. The minimum absolute atomic E-state index is 0.0405. The van der Waals surface area contributed by atoms with Crippen LogP contribution in [-0.4, -0.2) is 74.2 Å². The second-order valence-electron chi connectivity index (χ2n) is 8.84. The average Bonchev–Trinajstić information content (AvgIpc) is 3.43. The van der Waals surface area contributed by atoms with E-state index < -0.39 is 0 Å². The molecule has 1 aromatic carbocycles. The zero-order valence-electron chi connectivity index (χ0n) is 18.7. The van der Waals surface area contributed by atoms with Gasteiger partial charge in [0, 0.05) is 32.7 Å². The zero-order valence-corrected chi connectivity index (χ0v) is 18.7. The number of methoxy groups -OCH3 is 2. The molecule has 3 atom stereocenters.